The fourth-order valence-corrected chi connectivity index (χ4v) is 4.20. The number of halogens is 2. The van der Waals surface area contributed by atoms with Crippen LogP contribution in [0.25, 0.3) is 26.5 Å². The molecular weight excluding hydrogens is 343 g/mol. The molecule has 0 atom stereocenters. The average Bonchev–Trinajstić information content (AvgIpc) is 3.11. The first-order valence-electron chi connectivity index (χ1n) is 7.55. The van der Waals surface area contributed by atoms with Gasteiger partial charge in [0.05, 0.1) is 15.2 Å². The van der Waals surface area contributed by atoms with Crippen molar-refractivity contribution in [3.8, 4) is 16.3 Å². The lowest BCUT2D eigenvalue weighted by Gasteiger charge is -2.10. The fourth-order valence-electron chi connectivity index (χ4n) is 2.99. The SMILES string of the molecule is Cc1cc(-c2nc3ccccc3s2)c(C)n1-c1ccc(F)c(Cl)c1. The van der Waals surface area contributed by atoms with Crippen LogP contribution in [0.4, 0.5) is 4.39 Å². The van der Waals surface area contributed by atoms with Crippen molar-refractivity contribution >= 4 is 33.2 Å². The number of hydrogen-bond donors (Lipinski definition) is 0. The molecular formula is C19H14ClFN2S. The molecule has 0 bridgehead atoms. The van der Waals surface area contributed by atoms with Gasteiger partial charge >= 0.3 is 0 Å². The highest BCUT2D eigenvalue weighted by Gasteiger charge is 2.16. The van der Waals surface area contributed by atoms with Crippen LogP contribution >= 0.6 is 22.9 Å². The van der Waals surface area contributed by atoms with Crippen molar-refractivity contribution in [1.82, 2.24) is 9.55 Å². The normalized spacial score (nSPS) is 11.3. The van der Waals surface area contributed by atoms with Crippen LogP contribution in [0.2, 0.25) is 5.02 Å². The molecule has 0 aliphatic heterocycles. The Bertz CT molecular complexity index is 1030. The van der Waals surface area contributed by atoms with Gasteiger partial charge in [-0.25, -0.2) is 9.37 Å². The molecule has 0 radical (unpaired) electrons. The van der Waals surface area contributed by atoms with E-state index in [0.717, 1.165) is 33.2 Å². The maximum absolute atomic E-state index is 13.5. The molecule has 0 aliphatic rings. The summed E-state index contributed by atoms with van der Waals surface area (Å²) in [5, 5.41) is 1.12. The van der Waals surface area contributed by atoms with Gasteiger partial charge in [0.15, 0.2) is 0 Å². The Morgan fingerprint density at radius 3 is 2.62 bits per heavy atom. The van der Waals surface area contributed by atoms with Crippen molar-refractivity contribution in [2.24, 2.45) is 0 Å². The third kappa shape index (κ3) is 2.43. The number of aryl methyl sites for hydroxylation is 1. The van der Waals surface area contributed by atoms with Crippen LogP contribution in [0, 0.1) is 19.7 Å². The Kier molecular flexibility index (Phi) is 3.66. The van der Waals surface area contributed by atoms with Crippen LogP contribution in [0.1, 0.15) is 11.4 Å². The zero-order valence-electron chi connectivity index (χ0n) is 13.2. The summed E-state index contributed by atoms with van der Waals surface area (Å²) in [7, 11) is 0. The quantitative estimate of drug-likeness (QED) is 0.420. The molecule has 2 heterocycles. The van der Waals surface area contributed by atoms with E-state index in [1.807, 2.05) is 32.0 Å². The van der Waals surface area contributed by atoms with Gasteiger partial charge in [-0.15, -0.1) is 11.3 Å². The van der Waals surface area contributed by atoms with Crippen molar-refractivity contribution in [3.63, 3.8) is 0 Å². The number of rotatable bonds is 2. The number of aromatic nitrogens is 2. The van der Waals surface area contributed by atoms with Crippen LogP contribution < -0.4 is 0 Å². The molecule has 120 valence electrons. The van der Waals surface area contributed by atoms with Crippen molar-refractivity contribution < 1.29 is 4.39 Å². The summed E-state index contributed by atoms with van der Waals surface area (Å²) in [4.78, 5) is 4.74. The molecule has 24 heavy (non-hydrogen) atoms. The van der Waals surface area contributed by atoms with Crippen LogP contribution in [0.15, 0.2) is 48.5 Å². The molecule has 0 fully saturated rings. The Morgan fingerprint density at radius 1 is 1.08 bits per heavy atom. The highest BCUT2D eigenvalue weighted by molar-refractivity contribution is 7.21. The van der Waals surface area contributed by atoms with Gasteiger partial charge in [0.25, 0.3) is 0 Å². The fraction of sp³-hybridized carbons (Fsp3) is 0.105. The maximum Gasteiger partial charge on any atom is 0.141 e. The van der Waals surface area contributed by atoms with E-state index in [4.69, 9.17) is 16.6 Å². The lowest BCUT2D eigenvalue weighted by Crippen LogP contribution is -1.99. The van der Waals surface area contributed by atoms with Gasteiger partial charge in [-0.05, 0) is 50.2 Å². The number of nitrogens with zero attached hydrogens (tertiary/aromatic N) is 2. The highest BCUT2D eigenvalue weighted by Crippen LogP contribution is 2.35. The summed E-state index contributed by atoms with van der Waals surface area (Å²) in [5.41, 5.74) is 5.07. The van der Waals surface area contributed by atoms with E-state index >= 15 is 0 Å². The van der Waals surface area contributed by atoms with Crippen LogP contribution in [0.5, 0.6) is 0 Å². The molecule has 0 aliphatic carbocycles. The van der Waals surface area contributed by atoms with E-state index in [1.165, 1.54) is 10.8 Å². The van der Waals surface area contributed by atoms with Crippen LogP contribution in [0.3, 0.4) is 0 Å². The number of para-hydroxylation sites is 1. The zero-order valence-corrected chi connectivity index (χ0v) is 14.7. The minimum Gasteiger partial charge on any atom is -0.318 e. The molecule has 4 rings (SSSR count). The molecule has 0 unspecified atom stereocenters. The smallest absolute Gasteiger partial charge is 0.141 e. The second-order valence-corrected chi connectivity index (χ2v) is 7.14. The summed E-state index contributed by atoms with van der Waals surface area (Å²) in [6.45, 7) is 4.08. The summed E-state index contributed by atoms with van der Waals surface area (Å²) in [5.74, 6) is -0.408. The van der Waals surface area contributed by atoms with E-state index in [9.17, 15) is 4.39 Å². The third-order valence-electron chi connectivity index (χ3n) is 4.12. The molecule has 0 saturated carbocycles. The highest BCUT2D eigenvalue weighted by atomic mass is 35.5. The van der Waals surface area contributed by atoms with Gasteiger partial charge in [0.1, 0.15) is 10.8 Å². The van der Waals surface area contributed by atoms with Gasteiger partial charge in [-0.3, -0.25) is 0 Å². The minimum atomic E-state index is -0.408. The van der Waals surface area contributed by atoms with Gasteiger partial charge in [-0.2, -0.15) is 0 Å². The maximum atomic E-state index is 13.5. The molecule has 0 N–H and O–H groups in total. The summed E-state index contributed by atoms with van der Waals surface area (Å²) < 4.78 is 16.7. The van der Waals surface area contributed by atoms with Crippen molar-refractivity contribution in [2.45, 2.75) is 13.8 Å². The van der Waals surface area contributed by atoms with E-state index in [-0.39, 0.29) is 5.02 Å². The van der Waals surface area contributed by atoms with Crippen molar-refractivity contribution in [1.29, 1.82) is 0 Å². The Balaban J connectivity index is 1.88. The van der Waals surface area contributed by atoms with Crippen LogP contribution in [-0.4, -0.2) is 9.55 Å². The predicted octanol–water partition coefficient (Wildman–Crippen LogP) is 6.16. The molecule has 2 aromatic heterocycles. The standard InChI is InChI=1S/C19H14ClFN2S/c1-11-9-14(19-22-17-5-3-4-6-18(17)24-19)12(2)23(11)13-7-8-16(21)15(20)10-13/h3-10H,1-2H3. The first-order valence-corrected chi connectivity index (χ1v) is 8.74. The van der Waals surface area contributed by atoms with E-state index < -0.39 is 5.82 Å². The Morgan fingerprint density at radius 2 is 1.88 bits per heavy atom. The lowest BCUT2D eigenvalue weighted by atomic mass is 10.2. The zero-order chi connectivity index (χ0) is 16.8. The summed E-state index contributed by atoms with van der Waals surface area (Å²) >= 11 is 7.62. The second-order valence-electron chi connectivity index (χ2n) is 5.71. The Labute approximate surface area is 148 Å². The van der Waals surface area contributed by atoms with E-state index in [2.05, 4.69) is 16.7 Å². The second kappa shape index (κ2) is 5.72. The van der Waals surface area contributed by atoms with Gasteiger partial charge in [0, 0.05) is 22.6 Å². The van der Waals surface area contributed by atoms with E-state index in [1.54, 1.807) is 23.5 Å². The largest absolute Gasteiger partial charge is 0.318 e. The molecule has 4 aromatic rings. The summed E-state index contributed by atoms with van der Waals surface area (Å²) in [6.07, 6.45) is 0. The molecule has 0 spiro atoms. The number of fused-ring (bicyclic) bond motifs is 1. The summed E-state index contributed by atoms with van der Waals surface area (Å²) in [6, 6.07) is 15.0. The number of benzene rings is 2. The van der Waals surface area contributed by atoms with Crippen LogP contribution in [-0.2, 0) is 0 Å². The van der Waals surface area contributed by atoms with E-state index in [0.29, 0.717) is 0 Å². The van der Waals surface area contributed by atoms with Crippen molar-refractivity contribution in [2.75, 3.05) is 0 Å². The first kappa shape index (κ1) is 15.4. The number of hydrogen-bond acceptors (Lipinski definition) is 2. The van der Waals surface area contributed by atoms with Gasteiger partial charge < -0.3 is 4.57 Å². The molecule has 2 nitrogen and oxygen atoms in total. The third-order valence-corrected chi connectivity index (χ3v) is 5.48. The average molecular weight is 357 g/mol. The Hall–Kier alpha value is -2.17. The monoisotopic (exact) mass is 356 g/mol. The first-order chi connectivity index (χ1) is 11.5. The topological polar surface area (TPSA) is 17.8 Å². The van der Waals surface area contributed by atoms with Gasteiger partial charge in [0.2, 0.25) is 0 Å². The molecule has 0 amide bonds. The number of thiazole rings is 1. The minimum absolute atomic E-state index is 0.126. The lowest BCUT2D eigenvalue weighted by molar-refractivity contribution is 0.627. The van der Waals surface area contributed by atoms with Crippen molar-refractivity contribution in [3.05, 3.63) is 70.8 Å². The molecule has 0 saturated heterocycles. The van der Waals surface area contributed by atoms with Gasteiger partial charge in [-0.1, -0.05) is 23.7 Å². The predicted molar refractivity (Wildman–Crippen MR) is 98.8 cm³/mol. The molecule has 5 heteroatoms. The molecule has 2 aromatic carbocycles.